The number of benzene rings is 1. The van der Waals surface area contributed by atoms with Crippen molar-refractivity contribution in [2.75, 3.05) is 34.4 Å². The first-order chi connectivity index (χ1) is 25.1. The average Bonchev–Trinajstić information content (AvgIpc) is 3.87. The van der Waals surface area contributed by atoms with Crippen LogP contribution in [0.1, 0.15) is 103 Å². The number of ketones is 2. The summed E-state index contributed by atoms with van der Waals surface area (Å²) in [4.78, 5) is 63.8. The van der Waals surface area contributed by atoms with E-state index in [0.29, 0.717) is 19.4 Å². The van der Waals surface area contributed by atoms with Crippen molar-refractivity contribution < 1.29 is 28.7 Å². The van der Waals surface area contributed by atoms with Crippen LogP contribution in [0.25, 0.3) is 0 Å². The number of carbonyl (C=O) groups is 4. The highest BCUT2D eigenvalue weighted by molar-refractivity contribution is 7.09. The van der Waals surface area contributed by atoms with Crippen LogP contribution >= 0.6 is 11.3 Å². The molecule has 0 unspecified atom stereocenters. The third-order valence-electron chi connectivity index (χ3n) is 11.7. The minimum Gasteiger partial charge on any atom is -0.379 e. The summed E-state index contributed by atoms with van der Waals surface area (Å²) in [5.41, 5.74) is 6.33. The van der Waals surface area contributed by atoms with Gasteiger partial charge in [-0.3, -0.25) is 19.2 Å². The zero-order chi connectivity index (χ0) is 39.5. The van der Waals surface area contributed by atoms with Crippen molar-refractivity contribution in [2.45, 2.75) is 124 Å². The maximum Gasteiger partial charge on any atom is 0.226 e. The Hall–Kier alpha value is -2.99. The molecule has 8 atom stereocenters. The molecule has 0 spiro atoms. The fourth-order valence-corrected chi connectivity index (χ4v) is 8.55. The molecule has 0 bridgehead atoms. The molecule has 296 valence electrons. The van der Waals surface area contributed by atoms with Crippen LogP contribution in [0.2, 0.25) is 0 Å². The molecule has 2 N–H and O–H groups in total. The average molecular weight is 755 g/mol. The Balaban J connectivity index is 1.78. The first-order valence-electron chi connectivity index (χ1n) is 19.4. The maximum atomic E-state index is 14.3. The lowest BCUT2D eigenvalue weighted by atomic mass is 9.79. The fourth-order valence-electron chi connectivity index (χ4n) is 7.81. The molecule has 1 saturated heterocycles. The number of rotatable bonds is 22. The summed E-state index contributed by atoms with van der Waals surface area (Å²) in [7, 11) is 4.99. The van der Waals surface area contributed by atoms with Gasteiger partial charge in [-0.2, -0.15) is 0 Å². The molecule has 2 heterocycles. The second kappa shape index (κ2) is 20.6. The van der Waals surface area contributed by atoms with Crippen molar-refractivity contribution in [3.63, 3.8) is 0 Å². The van der Waals surface area contributed by atoms with E-state index in [-0.39, 0.29) is 66.6 Å². The van der Waals surface area contributed by atoms with Gasteiger partial charge in [-0.25, -0.2) is 4.98 Å². The second-order valence-electron chi connectivity index (χ2n) is 16.1. The molecule has 0 radical (unpaired) electrons. The quantitative estimate of drug-likeness (QED) is 0.143. The molecule has 1 fully saturated rings. The Morgan fingerprint density at radius 3 is 2.26 bits per heavy atom. The zero-order valence-corrected chi connectivity index (χ0v) is 34.7. The van der Waals surface area contributed by atoms with E-state index >= 15 is 0 Å². The standard InChI is InChI=1S/C42H66N4O6S/c1-11-28(4)38(45(8)41(50)32(27(2)3)24-36(48)42(6,7)26-43)35(51-9)25-37(49)46-20-15-18-33(46)39(52-10)29(5)34(47)23-31(40-44-19-21-53-40)22-30-16-13-12-14-17-30/h12-14,16-17,19,21,27-29,31-33,35,38-39H,11,15,18,20,22-26,43H2,1-10H3/t28-,29-,31+,32-,33-,35+,38-,39+/m0/s1. The monoisotopic (exact) mass is 754 g/mol. The summed E-state index contributed by atoms with van der Waals surface area (Å²) in [5.74, 6) is -1.22. The van der Waals surface area contributed by atoms with Crippen LogP contribution in [-0.4, -0.2) is 96.8 Å². The van der Waals surface area contributed by atoms with Gasteiger partial charge in [-0.1, -0.05) is 85.2 Å². The van der Waals surface area contributed by atoms with E-state index < -0.39 is 35.5 Å². The molecule has 2 amide bonds. The fraction of sp³-hybridized carbons (Fsp3) is 0.690. The number of thiazole rings is 1. The minimum atomic E-state index is -0.719. The van der Waals surface area contributed by atoms with Crippen molar-refractivity contribution in [2.24, 2.45) is 34.8 Å². The van der Waals surface area contributed by atoms with Crippen LogP contribution in [0.5, 0.6) is 0 Å². The van der Waals surface area contributed by atoms with Crippen LogP contribution in [0.4, 0.5) is 0 Å². The van der Waals surface area contributed by atoms with Crippen LogP contribution in [0.3, 0.4) is 0 Å². The van der Waals surface area contributed by atoms with Crippen LogP contribution in [0, 0.1) is 29.1 Å². The molecule has 1 aliphatic heterocycles. The van der Waals surface area contributed by atoms with E-state index in [0.717, 1.165) is 29.8 Å². The van der Waals surface area contributed by atoms with Gasteiger partial charge in [-0.15, -0.1) is 11.3 Å². The van der Waals surface area contributed by atoms with Crippen molar-refractivity contribution in [3.05, 3.63) is 52.5 Å². The van der Waals surface area contributed by atoms with Crippen molar-refractivity contribution in [3.8, 4) is 0 Å². The normalized spacial score (nSPS) is 18.9. The number of aromatic nitrogens is 1. The molecular weight excluding hydrogens is 689 g/mol. The summed E-state index contributed by atoms with van der Waals surface area (Å²) in [6.45, 7) is 14.4. The lowest BCUT2D eigenvalue weighted by Crippen LogP contribution is -2.54. The molecule has 0 aliphatic carbocycles. The van der Waals surface area contributed by atoms with E-state index in [1.807, 2.05) is 63.1 Å². The van der Waals surface area contributed by atoms with Gasteiger partial charge in [0.2, 0.25) is 11.8 Å². The molecule has 1 aromatic carbocycles. The minimum absolute atomic E-state index is 0.0195. The Morgan fingerprint density at radius 2 is 1.72 bits per heavy atom. The molecule has 1 aromatic heterocycles. The molecule has 2 aromatic rings. The summed E-state index contributed by atoms with van der Waals surface area (Å²) >= 11 is 1.57. The summed E-state index contributed by atoms with van der Waals surface area (Å²) in [5, 5.41) is 2.89. The molecule has 10 nitrogen and oxygen atoms in total. The van der Waals surface area contributed by atoms with Gasteiger partial charge in [0, 0.05) is 81.9 Å². The number of nitrogens with zero attached hydrogens (tertiary/aromatic N) is 3. The number of hydrogen-bond acceptors (Lipinski definition) is 9. The Labute approximate surface area is 322 Å². The first-order valence-corrected chi connectivity index (χ1v) is 20.3. The Morgan fingerprint density at radius 1 is 1.04 bits per heavy atom. The molecule has 0 saturated carbocycles. The number of Topliss-reactive ketones (excluding diaryl/α,β-unsaturated/α-hetero) is 2. The van der Waals surface area contributed by atoms with Gasteiger partial charge in [-0.05, 0) is 36.7 Å². The maximum absolute atomic E-state index is 14.3. The van der Waals surface area contributed by atoms with Gasteiger partial charge >= 0.3 is 0 Å². The number of likely N-dealkylation sites (N-methyl/N-ethyl adjacent to an activating group) is 1. The highest BCUT2D eigenvalue weighted by atomic mass is 32.1. The van der Waals surface area contributed by atoms with Crippen molar-refractivity contribution in [1.82, 2.24) is 14.8 Å². The first kappa shape index (κ1) is 44.4. The van der Waals surface area contributed by atoms with Crippen LogP contribution in [-0.2, 0) is 35.1 Å². The third-order valence-corrected chi connectivity index (χ3v) is 12.7. The van der Waals surface area contributed by atoms with Gasteiger partial charge in [0.25, 0.3) is 0 Å². The van der Waals surface area contributed by atoms with E-state index in [1.54, 1.807) is 43.7 Å². The summed E-state index contributed by atoms with van der Waals surface area (Å²) < 4.78 is 12.1. The SMILES string of the molecule is CC[C@H](C)[C@@H]([C@@H](CC(=O)N1CCC[C@H]1[C@H](OC)[C@@H](C)C(=O)C[C@@H](Cc1ccccc1)c1nccs1)OC)N(C)C(=O)[C@@H](CC(=O)C(C)(C)CN)C(C)C. The number of carbonyl (C=O) groups excluding carboxylic acids is 4. The highest BCUT2D eigenvalue weighted by Gasteiger charge is 2.43. The van der Waals surface area contributed by atoms with E-state index in [9.17, 15) is 19.2 Å². The smallest absolute Gasteiger partial charge is 0.226 e. The third kappa shape index (κ3) is 11.5. The van der Waals surface area contributed by atoms with Gasteiger partial charge < -0.3 is 25.0 Å². The Kier molecular flexibility index (Phi) is 17.3. The summed E-state index contributed by atoms with van der Waals surface area (Å²) in [6.07, 6.45) is 4.28. The molecule has 1 aliphatic rings. The number of ether oxygens (including phenoxy) is 2. The van der Waals surface area contributed by atoms with Gasteiger partial charge in [0.1, 0.15) is 11.6 Å². The van der Waals surface area contributed by atoms with E-state index in [2.05, 4.69) is 31.0 Å². The van der Waals surface area contributed by atoms with Crippen LogP contribution < -0.4 is 5.73 Å². The van der Waals surface area contributed by atoms with Crippen molar-refractivity contribution >= 4 is 34.7 Å². The highest BCUT2D eigenvalue weighted by Crippen LogP contribution is 2.34. The lowest BCUT2D eigenvalue weighted by Gasteiger charge is -2.41. The zero-order valence-electron chi connectivity index (χ0n) is 33.9. The molecular formula is C42H66N4O6S. The topological polar surface area (TPSA) is 132 Å². The molecule has 3 rings (SSSR count). The predicted octanol–water partition coefficient (Wildman–Crippen LogP) is 6.57. The Bertz CT molecular complexity index is 1450. The van der Waals surface area contributed by atoms with Gasteiger partial charge in [0.05, 0.1) is 35.7 Å². The molecule has 53 heavy (non-hydrogen) atoms. The summed E-state index contributed by atoms with van der Waals surface area (Å²) in [6, 6.07) is 9.51. The lowest BCUT2D eigenvalue weighted by molar-refractivity contribution is -0.149. The number of methoxy groups -OCH3 is 2. The number of amides is 2. The molecule has 11 heteroatoms. The number of likely N-dealkylation sites (tertiary alicyclic amines) is 1. The predicted molar refractivity (Wildman–Crippen MR) is 212 cm³/mol. The van der Waals surface area contributed by atoms with Gasteiger partial charge in [0.15, 0.2) is 0 Å². The van der Waals surface area contributed by atoms with Crippen LogP contribution in [0.15, 0.2) is 41.9 Å². The number of hydrogen-bond donors (Lipinski definition) is 1. The largest absolute Gasteiger partial charge is 0.379 e. The van der Waals surface area contributed by atoms with E-state index in [4.69, 9.17) is 15.2 Å². The second-order valence-corrected chi connectivity index (χ2v) is 17.0. The van der Waals surface area contributed by atoms with Crippen molar-refractivity contribution in [1.29, 1.82) is 0 Å². The van der Waals surface area contributed by atoms with E-state index in [1.165, 1.54) is 0 Å². The number of nitrogens with two attached hydrogens (primary N) is 1.